The molecule has 25 heavy (non-hydrogen) atoms. The molecule has 6 heteroatoms. The van der Waals surface area contributed by atoms with Gasteiger partial charge < -0.3 is 14.4 Å². The first kappa shape index (κ1) is 18.3. The zero-order valence-electron chi connectivity index (χ0n) is 15.3. The highest BCUT2D eigenvalue weighted by atomic mass is 16.5. The molecular formula is C19H29N3O3. The van der Waals surface area contributed by atoms with Crippen LogP contribution in [0.25, 0.3) is 0 Å². The average molecular weight is 347 g/mol. The van der Waals surface area contributed by atoms with Crippen molar-refractivity contribution in [2.24, 2.45) is 5.41 Å². The van der Waals surface area contributed by atoms with E-state index in [0.29, 0.717) is 6.61 Å². The molecule has 2 aliphatic rings. The number of ether oxygens (including phenoxy) is 2. The molecule has 0 spiro atoms. The van der Waals surface area contributed by atoms with E-state index in [1.54, 1.807) is 19.0 Å². The molecule has 0 N–H and O–H groups in total. The third kappa shape index (κ3) is 4.57. The summed E-state index contributed by atoms with van der Waals surface area (Å²) in [4.78, 5) is 20.1. The Labute approximate surface area is 150 Å². The van der Waals surface area contributed by atoms with E-state index in [9.17, 15) is 4.79 Å². The fourth-order valence-electron chi connectivity index (χ4n) is 3.95. The summed E-state index contributed by atoms with van der Waals surface area (Å²) in [5, 5.41) is 0. The van der Waals surface area contributed by atoms with Gasteiger partial charge in [0.25, 0.3) is 0 Å². The van der Waals surface area contributed by atoms with Crippen molar-refractivity contribution in [2.75, 3.05) is 47.0 Å². The number of pyridine rings is 1. The quantitative estimate of drug-likeness (QED) is 0.782. The van der Waals surface area contributed by atoms with Crippen LogP contribution in [0.5, 0.6) is 0 Å². The Kier molecular flexibility index (Phi) is 6.04. The lowest BCUT2D eigenvalue weighted by atomic mass is 9.73. The van der Waals surface area contributed by atoms with Crippen molar-refractivity contribution in [1.29, 1.82) is 0 Å². The predicted molar refractivity (Wildman–Crippen MR) is 95.1 cm³/mol. The normalized spacial score (nSPS) is 26.9. The van der Waals surface area contributed by atoms with Gasteiger partial charge in [-0.3, -0.25) is 14.7 Å². The fourth-order valence-corrected chi connectivity index (χ4v) is 3.95. The molecule has 0 radical (unpaired) electrons. The second-order valence-corrected chi connectivity index (χ2v) is 7.47. The van der Waals surface area contributed by atoms with Crippen LogP contribution < -0.4 is 0 Å². The van der Waals surface area contributed by atoms with Gasteiger partial charge in [0.15, 0.2) is 0 Å². The summed E-state index contributed by atoms with van der Waals surface area (Å²) in [6, 6.07) is 4.10. The number of piperidine rings is 1. The van der Waals surface area contributed by atoms with Crippen molar-refractivity contribution in [2.45, 2.75) is 31.9 Å². The maximum absolute atomic E-state index is 11.8. The lowest BCUT2D eigenvalue weighted by Crippen LogP contribution is -2.56. The van der Waals surface area contributed by atoms with E-state index in [2.05, 4.69) is 16.0 Å². The van der Waals surface area contributed by atoms with Crippen LogP contribution in [0.3, 0.4) is 0 Å². The predicted octanol–water partition coefficient (Wildman–Crippen LogP) is 1.56. The van der Waals surface area contributed by atoms with Gasteiger partial charge in [0, 0.05) is 58.1 Å². The number of likely N-dealkylation sites (tertiary alicyclic amines) is 1. The summed E-state index contributed by atoms with van der Waals surface area (Å²) < 4.78 is 11.9. The molecule has 0 unspecified atom stereocenters. The Morgan fingerprint density at radius 3 is 3.16 bits per heavy atom. The van der Waals surface area contributed by atoms with Gasteiger partial charge in [0.2, 0.25) is 5.91 Å². The van der Waals surface area contributed by atoms with Crippen LogP contribution in [0.4, 0.5) is 0 Å². The van der Waals surface area contributed by atoms with E-state index in [1.165, 1.54) is 5.56 Å². The van der Waals surface area contributed by atoms with Crippen molar-refractivity contribution in [3.63, 3.8) is 0 Å². The van der Waals surface area contributed by atoms with Crippen molar-refractivity contribution < 1.29 is 14.3 Å². The molecule has 2 fully saturated rings. The van der Waals surface area contributed by atoms with Gasteiger partial charge in [0.05, 0.1) is 12.7 Å². The highest BCUT2D eigenvalue weighted by Crippen LogP contribution is 2.40. The lowest BCUT2D eigenvalue weighted by Gasteiger charge is -2.50. The molecule has 2 atom stereocenters. The van der Waals surface area contributed by atoms with Crippen molar-refractivity contribution in [1.82, 2.24) is 14.8 Å². The molecule has 0 bridgehead atoms. The molecule has 2 aliphatic heterocycles. The summed E-state index contributed by atoms with van der Waals surface area (Å²) in [6.45, 7) is 4.44. The second-order valence-electron chi connectivity index (χ2n) is 7.47. The average Bonchev–Trinajstić information content (AvgIpc) is 2.62. The van der Waals surface area contributed by atoms with Gasteiger partial charge in [-0.05, 0) is 30.9 Å². The number of nitrogens with zero attached hydrogens (tertiary/aromatic N) is 3. The number of carbonyl (C=O) groups is 1. The molecule has 3 heterocycles. The van der Waals surface area contributed by atoms with Crippen LogP contribution in [-0.2, 0) is 20.8 Å². The van der Waals surface area contributed by atoms with E-state index < -0.39 is 0 Å². The van der Waals surface area contributed by atoms with E-state index in [4.69, 9.17) is 9.47 Å². The number of amides is 1. The molecule has 2 saturated heterocycles. The first-order chi connectivity index (χ1) is 12.1. The van der Waals surface area contributed by atoms with Gasteiger partial charge in [-0.1, -0.05) is 6.07 Å². The number of rotatable bonds is 6. The van der Waals surface area contributed by atoms with Crippen LogP contribution in [0.15, 0.2) is 24.5 Å². The third-order valence-electron chi connectivity index (χ3n) is 5.31. The minimum absolute atomic E-state index is 0.00713. The Bertz CT molecular complexity index is 566. The number of hydrogen-bond donors (Lipinski definition) is 0. The van der Waals surface area contributed by atoms with Crippen LogP contribution in [0.2, 0.25) is 0 Å². The third-order valence-corrected chi connectivity index (χ3v) is 5.31. The maximum atomic E-state index is 11.8. The fraction of sp³-hybridized carbons (Fsp3) is 0.684. The molecule has 0 saturated carbocycles. The Balaban J connectivity index is 1.63. The number of likely N-dealkylation sites (N-methyl/N-ethyl adjacent to an activating group) is 1. The highest BCUT2D eigenvalue weighted by molar-refractivity contribution is 5.76. The van der Waals surface area contributed by atoms with Crippen molar-refractivity contribution in [3.8, 4) is 0 Å². The summed E-state index contributed by atoms with van der Waals surface area (Å²) in [7, 11) is 3.51. The summed E-state index contributed by atoms with van der Waals surface area (Å²) >= 11 is 0. The van der Waals surface area contributed by atoms with E-state index in [-0.39, 0.29) is 24.0 Å². The molecular weight excluding hydrogens is 318 g/mol. The largest absolute Gasteiger partial charge is 0.377 e. The molecule has 1 aromatic rings. The highest BCUT2D eigenvalue weighted by Gasteiger charge is 2.46. The van der Waals surface area contributed by atoms with Crippen LogP contribution in [0.1, 0.15) is 24.8 Å². The van der Waals surface area contributed by atoms with Gasteiger partial charge in [-0.15, -0.1) is 0 Å². The van der Waals surface area contributed by atoms with E-state index in [1.807, 2.05) is 18.5 Å². The van der Waals surface area contributed by atoms with Gasteiger partial charge in [-0.2, -0.15) is 0 Å². The maximum Gasteiger partial charge on any atom is 0.248 e. The lowest BCUT2D eigenvalue weighted by molar-refractivity contribution is -0.160. The SMILES string of the molecule is CN(C)C(=O)COC[C@]12CCCO[C@H]1CCN(Cc1cccnc1)C2. The summed E-state index contributed by atoms with van der Waals surface area (Å²) in [5.41, 5.74) is 1.22. The number of carbonyl (C=O) groups excluding carboxylic acids is 1. The monoisotopic (exact) mass is 347 g/mol. The Morgan fingerprint density at radius 2 is 2.40 bits per heavy atom. The van der Waals surface area contributed by atoms with Gasteiger partial charge in [0.1, 0.15) is 6.61 Å². The van der Waals surface area contributed by atoms with Crippen LogP contribution in [0, 0.1) is 5.41 Å². The van der Waals surface area contributed by atoms with E-state index in [0.717, 1.165) is 45.5 Å². The topological polar surface area (TPSA) is 54.9 Å². The first-order valence-corrected chi connectivity index (χ1v) is 9.10. The molecule has 1 amide bonds. The Hall–Kier alpha value is -1.50. The molecule has 0 aromatic carbocycles. The number of aromatic nitrogens is 1. The zero-order chi connectivity index (χ0) is 17.7. The first-order valence-electron chi connectivity index (χ1n) is 9.10. The second kappa shape index (κ2) is 8.25. The van der Waals surface area contributed by atoms with Gasteiger partial charge in [-0.25, -0.2) is 0 Å². The van der Waals surface area contributed by atoms with Crippen molar-refractivity contribution >= 4 is 5.91 Å². The van der Waals surface area contributed by atoms with E-state index >= 15 is 0 Å². The number of hydrogen-bond acceptors (Lipinski definition) is 5. The molecule has 0 aliphatic carbocycles. The minimum atomic E-state index is -0.00863. The molecule has 1 aromatic heterocycles. The summed E-state index contributed by atoms with van der Waals surface area (Å²) in [5.74, 6) is 0.00713. The smallest absolute Gasteiger partial charge is 0.248 e. The minimum Gasteiger partial charge on any atom is -0.377 e. The van der Waals surface area contributed by atoms with Gasteiger partial charge >= 0.3 is 0 Å². The van der Waals surface area contributed by atoms with Crippen LogP contribution >= 0.6 is 0 Å². The molecule has 138 valence electrons. The van der Waals surface area contributed by atoms with Crippen molar-refractivity contribution in [3.05, 3.63) is 30.1 Å². The number of fused-ring (bicyclic) bond motifs is 1. The molecule has 3 rings (SSSR count). The van der Waals surface area contributed by atoms with Crippen LogP contribution in [-0.4, -0.2) is 73.8 Å². The summed E-state index contributed by atoms with van der Waals surface area (Å²) in [6.07, 6.45) is 7.15. The standard InChI is InChI=1S/C19H29N3O3/c1-21(2)18(23)13-24-15-19-7-4-10-25-17(19)6-9-22(14-19)12-16-5-3-8-20-11-16/h3,5,8,11,17H,4,6-7,9-10,12-15H2,1-2H3/t17-,19+/m0/s1. The molecule has 6 nitrogen and oxygen atoms in total. The Morgan fingerprint density at radius 1 is 1.52 bits per heavy atom. The zero-order valence-corrected chi connectivity index (χ0v) is 15.3.